The van der Waals surface area contributed by atoms with E-state index in [1.165, 1.54) is 0 Å². The molecule has 21 heavy (non-hydrogen) atoms. The summed E-state index contributed by atoms with van der Waals surface area (Å²) in [5, 5.41) is 17.7. The van der Waals surface area contributed by atoms with Crippen molar-refractivity contribution in [3.05, 3.63) is 41.5 Å². The highest BCUT2D eigenvalue weighted by molar-refractivity contribution is 5.40. The Morgan fingerprint density at radius 1 is 1.33 bits per heavy atom. The topological polar surface area (TPSA) is 80.4 Å². The van der Waals surface area contributed by atoms with Gasteiger partial charge in [-0.05, 0) is 25.5 Å². The van der Waals surface area contributed by atoms with E-state index in [1.54, 1.807) is 0 Å². The molecular weight excluding hydrogens is 270 g/mol. The molecule has 1 saturated heterocycles. The van der Waals surface area contributed by atoms with Gasteiger partial charge in [-0.3, -0.25) is 0 Å². The van der Waals surface area contributed by atoms with E-state index < -0.39 is 5.60 Å². The number of para-hydroxylation sites is 1. The van der Waals surface area contributed by atoms with Crippen LogP contribution in [0.5, 0.6) is 5.75 Å². The van der Waals surface area contributed by atoms with E-state index in [0.29, 0.717) is 31.3 Å². The van der Waals surface area contributed by atoms with E-state index in [0.717, 1.165) is 24.3 Å². The minimum absolute atomic E-state index is 0.0606. The highest BCUT2D eigenvalue weighted by Crippen LogP contribution is 2.37. The Bertz CT molecular complexity index is 649. The summed E-state index contributed by atoms with van der Waals surface area (Å²) in [6.45, 7) is 1.85. The van der Waals surface area contributed by atoms with Crippen molar-refractivity contribution in [3.63, 3.8) is 0 Å². The molecule has 0 radical (unpaired) electrons. The molecule has 2 aliphatic rings. The molecule has 2 aliphatic heterocycles. The first-order valence-corrected chi connectivity index (χ1v) is 7.25. The zero-order chi connectivity index (χ0) is 14.3. The van der Waals surface area contributed by atoms with Gasteiger partial charge in [0.25, 0.3) is 5.89 Å². The van der Waals surface area contributed by atoms with Crippen molar-refractivity contribution < 1.29 is 14.4 Å². The number of rotatable bonds is 2. The van der Waals surface area contributed by atoms with Crippen LogP contribution < -0.4 is 10.1 Å². The second kappa shape index (κ2) is 4.82. The zero-order valence-electron chi connectivity index (χ0n) is 11.6. The lowest BCUT2D eigenvalue weighted by molar-refractivity contribution is 0.0243. The lowest BCUT2D eigenvalue weighted by Gasteiger charge is -2.23. The molecule has 2 N–H and O–H groups in total. The van der Waals surface area contributed by atoms with E-state index in [1.807, 2.05) is 24.3 Å². The van der Waals surface area contributed by atoms with Gasteiger partial charge in [-0.1, -0.05) is 23.4 Å². The molecule has 0 amide bonds. The van der Waals surface area contributed by atoms with Gasteiger partial charge < -0.3 is 19.7 Å². The minimum atomic E-state index is -1.03. The third kappa shape index (κ3) is 2.11. The van der Waals surface area contributed by atoms with E-state index >= 15 is 0 Å². The molecule has 0 aliphatic carbocycles. The van der Waals surface area contributed by atoms with E-state index in [-0.39, 0.29) is 5.92 Å². The highest BCUT2D eigenvalue weighted by Gasteiger charge is 2.39. The van der Waals surface area contributed by atoms with Crippen molar-refractivity contribution >= 4 is 0 Å². The quantitative estimate of drug-likeness (QED) is 0.863. The predicted octanol–water partition coefficient (Wildman–Crippen LogP) is 1.16. The fourth-order valence-electron chi connectivity index (χ4n) is 3.04. The van der Waals surface area contributed by atoms with Crippen molar-refractivity contribution in [1.82, 2.24) is 15.5 Å². The maximum atomic E-state index is 10.5. The van der Waals surface area contributed by atoms with E-state index in [2.05, 4.69) is 15.5 Å². The fraction of sp³-hybridized carbons (Fsp3) is 0.467. The molecule has 1 aromatic carbocycles. The number of ether oxygens (including phenoxy) is 1. The third-order valence-corrected chi connectivity index (χ3v) is 4.24. The molecule has 1 fully saturated rings. The molecule has 4 rings (SSSR count). The first-order valence-electron chi connectivity index (χ1n) is 7.25. The van der Waals surface area contributed by atoms with E-state index in [4.69, 9.17) is 9.26 Å². The lowest BCUT2D eigenvalue weighted by atomic mass is 9.92. The van der Waals surface area contributed by atoms with Gasteiger partial charge >= 0.3 is 0 Å². The molecule has 2 unspecified atom stereocenters. The predicted molar refractivity (Wildman–Crippen MR) is 74.1 cm³/mol. The fourth-order valence-corrected chi connectivity index (χ4v) is 3.04. The first kappa shape index (κ1) is 12.8. The average Bonchev–Trinajstić information content (AvgIpc) is 3.16. The SMILES string of the molecule is OC1(c2nc(C3CCOc4ccccc43)no2)CCNC1. The smallest absolute Gasteiger partial charge is 0.260 e. The Morgan fingerprint density at radius 2 is 2.24 bits per heavy atom. The van der Waals surface area contributed by atoms with Crippen LogP contribution in [-0.2, 0) is 5.60 Å². The summed E-state index contributed by atoms with van der Waals surface area (Å²) in [6, 6.07) is 7.92. The Morgan fingerprint density at radius 3 is 3.10 bits per heavy atom. The summed E-state index contributed by atoms with van der Waals surface area (Å²) < 4.78 is 11.0. The maximum Gasteiger partial charge on any atom is 0.260 e. The van der Waals surface area contributed by atoms with Crippen LogP contribution in [-0.4, -0.2) is 34.9 Å². The van der Waals surface area contributed by atoms with Gasteiger partial charge in [-0.25, -0.2) is 0 Å². The number of β-amino-alcohol motifs (C(OH)–C–C–N with tert-alkyl or cyclic N) is 1. The molecule has 2 aromatic rings. The third-order valence-electron chi connectivity index (χ3n) is 4.24. The van der Waals surface area contributed by atoms with Gasteiger partial charge in [-0.15, -0.1) is 0 Å². The minimum Gasteiger partial charge on any atom is -0.493 e. The molecule has 6 heteroatoms. The number of aliphatic hydroxyl groups is 1. The Labute approximate surface area is 122 Å². The van der Waals surface area contributed by atoms with Gasteiger partial charge in [0.1, 0.15) is 5.75 Å². The Hall–Kier alpha value is -1.92. The molecule has 0 bridgehead atoms. The molecule has 110 valence electrons. The molecule has 6 nitrogen and oxygen atoms in total. The maximum absolute atomic E-state index is 10.5. The molecule has 0 spiro atoms. The molecular formula is C15H17N3O3. The number of aromatic nitrogens is 2. The van der Waals surface area contributed by atoms with Crippen LogP contribution >= 0.6 is 0 Å². The largest absolute Gasteiger partial charge is 0.493 e. The van der Waals surface area contributed by atoms with Crippen molar-refractivity contribution in [3.8, 4) is 5.75 Å². The first-order chi connectivity index (χ1) is 10.3. The Kier molecular flexibility index (Phi) is 2.94. The van der Waals surface area contributed by atoms with Crippen LogP contribution in [0.1, 0.15) is 36.0 Å². The molecule has 3 heterocycles. The molecule has 0 saturated carbocycles. The second-order valence-corrected chi connectivity index (χ2v) is 5.64. The van der Waals surface area contributed by atoms with Gasteiger partial charge in [-0.2, -0.15) is 4.98 Å². The van der Waals surface area contributed by atoms with Crippen molar-refractivity contribution in [2.75, 3.05) is 19.7 Å². The second-order valence-electron chi connectivity index (χ2n) is 5.64. The summed E-state index contributed by atoms with van der Waals surface area (Å²) >= 11 is 0. The Balaban J connectivity index is 1.68. The van der Waals surface area contributed by atoms with Crippen molar-refractivity contribution in [1.29, 1.82) is 0 Å². The summed E-state index contributed by atoms with van der Waals surface area (Å²) in [5.74, 6) is 1.87. The normalized spacial score (nSPS) is 28.1. The average molecular weight is 287 g/mol. The molecule has 2 atom stereocenters. The standard InChI is InChI=1S/C15H17N3O3/c19-15(6-7-16-9-15)14-17-13(18-21-14)11-5-8-20-12-4-2-1-3-10(11)12/h1-4,11,16,19H,5-9H2. The zero-order valence-corrected chi connectivity index (χ0v) is 11.6. The van der Waals surface area contributed by atoms with E-state index in [9.17, 15) is 5.11 Å². The lowest BCUT2D eigenvalue weighted by Crippen LogP contribution is -2.28. The van der Waals surface area contributed by atoms with Crippen LogP contribution in [0, 0.1) is 0 Å². The van der Waals surface area contributed by atoms with Gasteiger partial charge in [0.05, 0.1) is 12.5 Å². The van der Waals surface area contributed by atoms with Crippen LogP contribution in [0.25, 0.3) is 0 Å². The monoisotopic (exact) mass is 287 g/mol. The van der Waals surface area contributed by atoms with Crippen LogP contribution in [0.4, 0.5) is 0 Å². The highest BCUT2D eigenvalue weighted by atomic mass is 16.5. The number of nitrogens with zero attached hydrogens (tertiary/aromatic N) is 2. The van der Waals surface area contributed by atoms with Crippen LogP contribution in [0.3, 0.4) is 0 Å². The number of hydrogen-bond acceptors (Lipinski definition) is 6. The van der Waals surface area contributed by atoms with Crippen molar-refractivity contribution in [2.45, 2.75) is 24.4 Å². The van der Waals surface area contributed by atoms with Gasteiger partial charge in [0.15, 0.2) is 11.4 Å². The summed E-state index contributed by atoms with van der Waals surface area (Å²) in [5.41, 5.74) is 0.0447. The van der Waals surface area contributed by atoms with Crippen molar-refractivity contribution in [2.24, 2.45) is 0 Å². The molecule has 1 aromatic heterocycles. The van der Waals surface area contributed by atoms with Gasteiger partial charge in [0.2, 0.25) is 0 Å². The van der Waals surface area contributed by atoms with Crippen LogP contribution in [0.15, 0.2) is 28.8 Å². The summed E-state index contributed by atoms with van der Waals surface area (Å²) in [6.07, 6.45) is 1.41. The summed E-state index contributed by atoms with van der Waals surface area (Å²) in [7, 11) is 0. The number of benzene rings is 1. The van der Waals surface area contributed by atoms with Gasteiger partial charge in [0, 0.05) is 12.1 Å². The van der Waals surface area contributed by atoms with Crippen LogP contribution in [0.2, 0.25) is 0 Å². The summed E-state index contributed by atoms with van der Waals surface area (Å²) in [4.78, 5) is 4.46. The number of fused-ring (bicyclic) bond motifs is 1. The number of hydrogen-bond donors (Lipinski definition) is 2. The number of nitrogens with one attached hydrogen (secondary N) is 1.